The first-order valence-electron chi connectivity index (χ1n) is 8.18. The Kier molecular flexibility index (Phi) is 5.88. The lowest BCUT2D eigenvalue weighted by Gasteiger charge is -2.08. The lowest BCUT2D eigenvalue weighted by Crippen LogP contribution is -2.21. The van der Waals surface area contributed by atoms with Crippen LogP contribution in [0.5, 0.6) is 0 Å². The average Bonchev–Trinajstić information content (AvgIpc) is 3.13. The molecule has 0 fully saturated rings. The number of aryl methyl sites for hydroxylation is 2. The van der Waals surface area contributed by atoms with E-state index in [1.54, 1.807) is 23.6 Å². The van der Waals surface area contributed by atoms with Crippen LogP contribution < -0.4 is 5.32 Å². The highest BCUT2D eigenvalue weighted by Gasteiger charge is 2.15. The van der Waals surface area contributed by atoms with Crippen molar-refractivity contribution in [3.63, 3.8) is 0 Å². The van der Waals surface area contributed by atoms with Crippen molar-refractivity contribution >= 4 is 40.5 Å². The van der Waals surface area contributed by atoms with Gasteiger partial charge in [0.05, 0.1) is 0 Å². The van der Waals surface area contributed by atoms with Gasteiger partial charge in [-0.2, -0.15) is 0 Å². The van der Waals surface area contributed by atoms with Gasteiger partial charge in [0.25, 0.3) is 5.91 Å². The number of aromatic nitrogens is 1. The molecule has 3 rings (SSSR count). The number of nitrogens with zero attached hydrogens (tertiary/aromatic N) is 1. The molecule has 1 heterocycles. The SMILES string of the molecule is Cc1ccc(-c2nc(C(=O)OCC(=O)Nc3ccc(Cl)cc3C)cs2)cc1. The van der Waals surface area contributed by atoms with Crippen molar-refractivity contribution in [3.05, 3.63) is 69.7 Å². The van der Waals surface area contributed by atoms with Gasteiger partial charge in [-0.05, 0) is 37.6 Å². The number of thiazole rings is 1. The number of anilines is 1. The number of rotatable bonds is 5. The molecule has 1 aromatic heterocycles. The monoisotopic (exact) mass is 400 g/mol. The lowest BCUT2D eigenvalue weighted by atomic mass is 10.2. The summed E-state index contributed by atoms with van der Waals surface area (Å²) in [6.07, 6.45) is 0. The van der Waals surface area contributed by atoms with Gasteiger partial charge in [0.15, 0.2) is 12.3 Å². The van der Waals surface area contributed by atoms with Crippen LogP contribution in [0.1, 0.15) is 21.6 Å². The molecule has 0 unspecified atom stereocenters. The molecule has 0 aliphatic rings. The fourth-order valence-corrected chi connectivity index (χ4v) is 3.38. The van der Waals surface area contributed by atoms with Gasteiger partial charge in [0, 0.05) is 21.7 Å². The van der Waals surface area contributed by atoms with Crippen molar-refractivity contribution < 1.29 is 14.3 Å². The molecule has 0 spiro atoms. The largest absolute Gasteiger partial charge is 0.451 e. The van der Waals surface area contributed by atoms with E-state index >= 15 is 0 Å². The number of ether oxygens (including phenoxy) is 1. The Balaban J connectivity index is 1.57. The van der Waals surface area contributed by atoms with Crippen LogP contribution in [0.2, 0.25) is 5.02 Å². The van der Waals surface area contributed by atoms with Crippen molar-refractivity contribution in [1.82, 2.24) is 4.98 Å². The van der Waals surface area contributed by atoms with Gasteiger partial charge in [-0.3, -0.25) is 4.79 Å². The Bertz CT molecular complexity index is 983. The zero-order chi connectivity index (χ0) is 19.4. The second kappa shape index (κ2) is 8.33. The fourth-order valence-electron chi connectivity index (χ4n) is 2.35. The van der Waals surface area contributed by atoms with E-state index in [0.29, 0.717) is 10.7 Å². The van der Waals surface area contributed by atoms with Crippen LogP contribution in [0.4, 0.5) is 5.69 Å². The van der Waals surface area contributed by atoms with Gasteiger partial charge >= 0.3 is 5.97 Å². The third-order valence-electron chi connectivity index (χ3n) is 3.81. The molecule has 0 aliphatic heterocycles. The van der Waals surface area contributed by atoms with Crippen molar-refractivity contribution in [1.29, 1.82) is 0 Å². The molecule has 0 saturated carbocycles. The number of hydrogen-bond donors (Lipinski definition) is 1. The minimum atomic E-state index is -0.632. The van der Waals surface area contributed by atoms with Crippen molar-refractivity contribution in [3.8, 4) is 10.6 Å². The summed E-state index contributed by atoms with van der Waals surface area (Å²) < 4.78 is 5.06. The minimum Gasteiger partial charge on any atom is -0.451 e. The molecule has 2 aromatic carbocycles. The molecule has 0 radical (unpaired) electrons. The van der Waals surface area contributed by atoms with Gasteiger partial charge in [-0.25, -0.2) is 9.78 Å². The zero-order valence-corrected chi connectivity index (χ0v) is 16.4. The third kappa shape index (κ3) is 4.93. The molecule has 138 valence electrons. The second-order valence-corrected chi connectivity index (χ2v) is 7.28. The fraction of sp³-hybridized carbons (Fsp3) is 0.150. The predicted molar refractivity (Wildman–Crippen MR) is 107 cm³/mol. The molecule has 27 heavy (non-hydrogen) atoms. The molecule has 0 saturated heterocycles. The normalized spacial score (nSPS) is 10.5. The van der Waals surface area contributed by atoms with E-state index in [0.717, 1.165) is 21.7 Å². The molecular formula is C20H17ClN2O3S. The van der Waals surface area contributed by atoms with E-state index in [9.17, 15) is 9.59 Å². The number of carbonyl (C=O) groups is 2. The van der Waals surface area contributed by atoms with Gasteiger partial charge in [-0.15, -0.1) is 11.3 Å². The molecule has 5 nitrogen and oxygen atoms in total. The first-order chi connectivity index (χ1) is 12.9. The summed E-state index contributed by atoms with van der Waals surface area (Å²) in [5.41, 5.74) is 3.71. The molecular weight excluding hydrogens is 384 g/mol. The van der Waals surface area contributed by atoms with Gasteiger partial charge in [-0.1, -0.05) is 41.4 Å². The Morgan fingerprint density at radius 2 is 1.89 bits per heavy atom. The van der Waals surface area contributed by atoms with Crippen LogP contribution in [0.3, 0.4) is 0 Å². The smallest absolute Gasteiger partial charge is 0.358 e. The van der Waals surface area contributed by atoms with Crippen molar-refractivity contribution in [2.75, 3.05) is 11.9 Å². The molecule has 0 atom stereocenters. The van der Waals surface area contributed by atoms with Crippen LogP contribution in [0.25, 0.3) is 10.6 Å². The summed E-state index contributed by atoms with van der Waals surface area (Å²) in [7, 11) is 0. The van der Waals surface area contributed by atoms with Gasteiger partial charge in [0.1, 0.15) is 5.01 Å². The molecule has 7 heteroatoms. The Morgan fingerprint density at radius 3 is 2.59 bits per heavy atom. The number of halogens is 1. The highest BCUT2D eigenvalue weighted by atomic mass is 35.5. The first kappa shape index (κ1) is 19.1. The van der Waals surface area contributed by atoms with Crippen LogP contribution >= 0.6 is 22.9 Å². The quantitative estimate of drug-likeness (QED) is 0.620. The van der Waals surface area contributed by atoms with E-state index in [-0.39, 0.29) is 5.69 Å². The molecule has 1 N–H and O–H groups in total. The topological polar surface area (TPSA) is 68.3 Å². The number of nitrogens with one attached hydrogen (secondary N) is 1. The zero-order valence-electron chi connectivity index (χ0n) is 14.8. The maximum Gasteiger partial charge on any atom is 0.358 e. The summed E-state index contributed by atoms with van der Waals surface area (Å²) >= 11 is 7.24. The van der Waals surface area contributed by atoms with Gasteiger partial charge < -0.3 is 10.1 Å². The van der Waals surface area contributed by atoms with E-state index in [1.807, 2.05) is 38.1 Å². The van der Waals surface area contributed by atoms with Crippen molar-refractivity contribution in [2.45, 2.75) is 13.8 Å². The summed E-state index contributed by atoms with van der Waals surface area (Å²) in [5, 5.41) is 5.62. The number of benzene rings is 2. The number of hydrogen-bond acceptors (Lipinski definition) is 5. The number of amides is 1. The molecule has 3 aromatic rings. The van der Waals surface area contributed by atoms with Crippen molar-refractivity contribution in [2.24, 2.45) is 0 Å². The Labute approximate surface area is 166 Å². The van der Waals surface area contributed by atoms with Crippen LogP contribution in [0, 0.1) is 13.8 Å². The number of esters is 1. The third-order valence-corrected chi connectivity index (χ3v) is 4.94. The molecule has 1 amide bonds. The van der Waals surface area contributed by atoms with E-state index in [4.69, 9.17) is 16.3 Å². The van der Waals surface area contributed by atoms with Crippen LogP contribution in [0.15, 0.2) is 47.8 Å². The van der Waals surface area contributed by atoms with Crippen LogP contribution in [-0.2, 0) is 9.53 Å². The van der Waals surface area contributed by atoms with Gasteiger partial charge in [0.2, 0.25) is 0 Å². The molecule has 0 aliphatic carbocycles. The first-order valence-corrected chi connectivity index (χ1v) is 9.44. The predicted octanol–water partition coefficient (Wildman–Crippen LogP) is 4.88. The Hall–Kier alpha value is -2.70. The highest BCUT2D eigenvalue weighted by Crippen LogP contribution is 2.24. The lowest BCUT2D eigenvalue weighted by molar-refractivity contribution is -0.119. The maximum absolute atomic E-state index is 12.1. The standard InChI is InChI=1S/C20H17ClN2O3S/c1-12-3-5-14(6-4-12)19-23-17(11-27-19)20(25)26-10-18(24)22-16-8-7-15(21)9-13(16)2/h3-9,11H,10H2,1-2H3,(H,22,24). The van der Waals surface area contributed by atoms with E-state index in [1.165, 1.54) is 11.3 Å². The minimum absolute atomic E-state index is 0.186. The average molecular weight is 401 g/mol. The van der Waals surface area contributed by atoms with E-state index < -0.39 is 18.5 Å². The maximum atomic E-state index is 12.1. The Morgan fingerprint density at radius 1 is 1.15 bits per heavy atom. The summed E-state index contributed by atoms with van der Waals surface area (Å²) in [6.45, 7) is 3.44. The van der Waals surface area contributed by atoms with Crippen LogP contribution in [-0.4, -0.2) is 23.5 Å². The second-order valence-electron chi connectivity index (χ2n) is 5.99. The highest BCUT2D eigenvalue weighted by molar-refractivity contribution is 7.13. The number of carbonyl (C=O) groups excluding carboxylic acids is 2. The summed E-state index contributed by atoms with van der Waals surface area (Å²) in [5.74, 6) is -1.06. The summed E-state index contributed by atoms with van der Waals surface area (Å²) in [4.78, 5) is 28.4. The summed E-state index contributed by atoms with van der Waals surface area (Å²) in [6, 6.07) is 13.0. The molecule has 0 bridgehead atoms. The van der Waals surface area contributed by atoms with E-state index in [2.05, 4.69) is 10.3 Å².